The van der Waals surface area contributed by atoms with Gasteiger partial charge in [-0.2, -0.15) is 13.2 Å². The van der Waals surface area contributed by atoms with Gasteiger partial charge in [-0.1, -0.05) is 18.9 Å². The molecule has 0 bridgehead atoms. The fraction of sp³-hybridized carbons (Fsp3) is 0.625. The van der Waals surface area contributed by atoms with Crippen LogP contribution in [-0.4, -0.2) is 16.9 Å². The number of alkyl halides is 3. The van der Waals surface area contributed by atoms with Crippen LogP contribution >= 0.6 is 0 Å². The van der Waals surface area contributed by atoms with Gasteiger partial charge in [0.25, 0.3) is 0 Å². The molecule has 1 aromatic heterocycles. The molecule has 0 radical (unpaired) electrons. The Kier molecular flexibility index (Phi) is 3.76. The molecule has 114 valence electrons. The first-order valence-electron chi connectivity index (χ1n) is 7.52. The van der Waals surface area contributed by atoms with Crippen molar-refractivity contribution in [1.82, 2.24) is 4.98 Å². The maximum atomic E-state index is 13.2. The molecule has 1 fully saturated rings. The van der Waals surface area contributed by atoms with Gasteiger partial charge >= 0.3 is 6.18 Å². The average molecular weight is 297 g/mol. The number of carbonyl (C=O) groups excluding carboxylic acids is 1. The highest BCUT2D eigenvalue weighted by molar-refractivity contribution is 5.88. The van der Waals surface area contributed by atoms with Crippen molar-refractivity contribution >= 4 is 5.78 Å². The zero-order valence-electron chi connectivity index (χ0n) is 11.7. The Morgan fingerprint density at radius 2 is 1.95 bits per heavy atom. The number of nitrogens with zero attached hydrogens (tertiary/aromatic N) is 1. The standard InChI is InChI=1S/C16H18F3NO/c17-16(18,19)13-6-2-1-5-11(13)15(21)12-8-7-10-4-3-9-20-14(10)12/h3-4,9,11-13H,1-2,5-8H2. The van der Waals surface area contributed by atoms with E-state index in [0.717, 1.165) is 12.0 Å². The zero-order chi connectivity index (χ0) is 15.0. The summed E-state index contributed by atoms with van der Waals surface area (Å²) in [6.45, 7) is 0. The van der Waals surface area contributed by atoms with E-state index in [1.54, 1.807) is 6.20 Å². The lowest BCUT2D eigenvalue weighted by Gasteiger charge is -2.33. The van der Waals surface area contributed by atoms with Crippen molar-refractivity contribution in [2.75, 3.05) is 0 Å². The molecule has 0 aromatic carbocycles. The van der Waals surface area contributed by atoms with E-state index in [0.29, 0.717) is 31.4 Å². The summed E-state index contributed by atoms with van der Waals surface area (Å²) in [5.74, 6) is -3.02. The van der Waals surface area contributed by atoms with Crippen LogP contribution in [0.2, 0.25) is 0 Å². The zero-order valence-corrected chi connectivity index (χ0v) is 11.7. The van der Waals surface area contributed by atoms with Gasteiger partial charge in [-0.25, -0.2) is 0 Å². The molecule has 0 spiro atoms. The molecule has 0 N–H and O–H groups in total. The SMILES string of the molecule is O=C(C1CCc2cccnc21)C1CCCCC1C(F)(F)F. The molecule has 5 heteroatoms. The van der Waals surface area contributed by atoms with Crippen LogP contribution in [0.5, 0.6) is 0 Å². The highest BCUT2D eigenvalue weighted by Crippen LogP contribution is 2.45. The van der Waals surface area contributed by atoms with Crippen molar-refractivity contribution in [3.63, 3.8) is 0 Å². The Morgan fingerprint density at radius 3 is 2.71 bits per heavy atom. The maximum Gasteiger partial charge on any atom is 0.392 e. The van der Waals surface area contributed by atoms with E-state index in [-0.39, 0.29) is 12.2 Å². The lowest BCUT2D eigenvalue weighted by Crippen LogP contribution is -2.39. The Labute approximate surface area is 121 Å². The maximum absolute atomic E-state index is 13.2. The molecule has 2 nitrogen and oxygen atoms in total. The Balaban J connectivity index is 1.84. The van der Waals surface area contributed by atoms with Crippen molar-refractivity contribution in [3.8, 4) is 0 Å². The number of hydrogen-bond acceptors (Lipinski definition) is 2. The quantitative estimate of drug-likeness (QED) is 0.824. The van der Waals surface area contributed by atoms with Crippen LogP contribution in [0.25, 0.3) is 0 Å². The van der Waals surface area contributed by atoms with Crippen LogP contribution in [0.15, 0.2) is 18.3 Å². The van der Waals surface area contributed by atoms with E-state index in [1.165, 1.54) is 0 Å². The van der Waals surface area contributed by atoms with E-state index >= 15 is 0 Å². The second-order valence-corrected chi connectivity index (χ2v) is 6.08. The first-order valence-corrected chi connectivity index (χ1v) is 7.52. The molecular formula is C16H18F3NO. The van der Waals surface area contributed by atoms with Crippen molar-refractivity contribution in [1.29, 1.82) is 0 Å². The molecule has 0 aliphatic heterocycles. The summed E-state index contributed by atoms with van der Waals surface area (Å²) in [5.41, 5.74) is 1.71. The number of aryl methyl sites for hydroxylation is 1. The van der Waals surface area contributed by atoms with E-state index in [1.807, 2.05) is 12.1 Å². The second kappa shape index (κ2) is 5.43. The Bertz CT molecular complexity index is 541. The van der Waals surface area contributed by atoms with Crippen LogP contribution in [-0.2, 0) is 11.2 Å². The van der Waals surface area contributed by atoms with Crippen LogP contribution in [0.4, 0.5) is 13.2 Å². The fourth-order valence-corrected chi connectivity index (χ4v) is 3.81. The number of hydrogen-bond donors (Lipinski definition) is 0. The lowest BCUT2D eigenvalue weighted by atomic mass is 9.73. The van der Waals surface area contributed by atoms with Crippen molar-refractivity contribution in [2.24, 2.45) is 11.8 Å². The van der Waals surface area contributed by atoms with Gasteiger partial charge in [0, 0.05) is 12.1 Å². The number of ketones is 1. The molecule has 1 aromatic rings. The molecule has 3 unspecified atom stereocenters. The molecule has 0 amide bonds. The number of fused-ring (bicyclic) bond motifs is 1. The van der Waals surface area contributed by atoms with Gasteiger partial charge in [-0.15, -0.1) is 0 Å². The van der Waals surface area contributed by atoms with Crippen molar-refractivity contribution < 1.29 is 18.0 Å². The minimum atomic E-state index is -4.27. The topological polar surface area (TPSA) is 30.0 Å². The van der Waals surface area contributed by atoms with E-state index in [2.05, 4.69) is 4.98 Å². The minimum Gasteiger partial charge on any atom is -0.299 e. The van der Waals surface area contributed by atoms with Crippen LogP contribution < -0.4 is 0 Å². The monoisotopic (exact) mass is 297 g/mol. The number of pyridine rings is 1. The molecule has 1 heterocycles. The normalized spacial score (nSPS) is 29.2. The fourth-order valence-electron chi connectivity index (χ4n) is 3.81. The lowest BCUT2D eigenvalue weighted by molar-refractivity contribution is -0.198. The number of Topliss-reactive ketones (excluding diaryl/α,β-unsaturated/α-hetero) is 1. The molecule has 1 saturated carbocycles. The molecule has 2 aliphatic rings. The average Bonchev–Trinajstić information content (AvgIpc) is 2.89. The van der Waals surface area contributed by atoms with Gasteiger partial charge in [0.2, 0.25) is 0 Å². The third-order valence-corrected chi connectivity index (χ3v) is 4.85. The molecule has 21 heavy (non-hydrogen) atoms. The van der Waals surface area contributed by atoms with Crippen molar-refractivity contribution in [3.05, 3.63) is 29.6 Å². The summed E-state index contributed by atoms with van der Waals surface area (Å²) in [6, 6.07) is 3.72. The first kappa shape index (κ1) is 14.5. The minimum absolute atomic E-state index is 0.0850. The summed E-state index contributed by atoms with van der Waals surface area (Å²) in [4.78, 5) is 16.9. The highest BCUT2D eigenvalue weighted by atomic mass is 19.4. The van der Waals surface area contributed by atoms with Gasteiger partial charge in [0.05, 0.1) is 17.5 Å². The predicted molar refractivity (Wildman–Crippen MR) is 71.8 cm³/mol. The predicted octanol–water partition coefficient (Wildman–Crippen LogP) is 4.05. The summed E-state index contributed by atoms with van der Waals surface area (Å²) in [5, 5.41) is 0. The van der Waals surface area contributed by atoms with Crippen LogP contribution in [0, 0.1) is 11.8 Å². The third-order valence-electron chi connectivity index (χ3n) is 4.85. The Hall–Kier alpha value is -1.39. The summed E-state index contributed by atoms with van der Waals surface area (Å²) in [6.07, 6.45) is 0.412. The second-order valence-electron chi connectivity index (χ2n) is 6.08. The van der Waals surface area contributed by atoms with Crippen LogP contribution in [0.1, 0.15) is 49.3 Å². The largest absolute Gasteiger partial charge is 0.392 e. The van der Waals surface area contributed by atoms with E-state index in [4.69, 9.17) is 0 Å². The number of aromatic nitrogens is 1. The first-order chi connectivity index (χ1) is 9.98. The number of carbonyl (C=O) groups is 1. The molecular weight excluding hydrogens is 279 g/mol. The van der Waals surface area contributed by atoms with Gasteiger partial charge < -0.3 is 0 Å². The molecule has 3 atom stereocenters. The third kappa shape index (κ3) is 2.70. The molecule has 2 aliphatic carbocycles. The molecule has 0 saturated heterocycles. The summed E-state index contributed by atoms with van der Waals surface area (Å²) < 4.78 is 39.5. The number of rotatable bonds is 2. The summed E-state index contributed by atoms with van der Waals surface area (Å²) in [7, 11) is 0. The molecule has 3 rings (SSSR count). The van der Waals surface area contributed by atoms with Gasteiger partial charge in [-0.05, 0) is 37.3 Å². The number of halogens is 3. The van der Waals surface area contributed by atoms with Gasteiger partial charge in [0.15, 0.2) is 0 Å². The van der Waals surface area contributed by atoms with Crippen LogP contribution in [0.3, 0.4) is 0 Å². The highest BCUT2D eigenvalue weighted by Gasteiger charge is 2.49. The smallest absolute Gasteiger partial charge is 0.299 e. The van der Waals surface area contributed by atoms with Gasteiger partial charge in [-0.3, -0.25) is 9.78 Å². The van der Waals surface area contributed by atoms with E-state index < -0.39 is 23.9 Å². The Morgan fingerprint density at radius 1 is 1.19 bits per heavy atom. The summed E-state index contributed by atoms with van der Waals surface area (Å²) >= 11 is 0. The van der Waals surface area contributed by atoms with Crippen molar-refractivity contribution in [2.45, 2.75) is 50.6 Å². The van der Waals surface area contributed by atoms with E-state index in [9.17, 15) is 18.0 Å². The van der Waals surface area contributed by atoms with Gasteiger partial charge in [0.1, 0.15) is 5.78 Å².